The molecule has 1 spiro atoms. The molecule has 4 aromatic rings. The van der Waals surface area contributed by atoms with E-state index in [0.29, 0.717) is 28.3 Å². The molecule has 2 aliphatic rings. The first-order valence-corrected chi connectivity index (χ1v) is 13.3. The van der Waals surface area contributed by atoms with Crippen molar-refractivity contribution >= 4 is 28.8 Å². The van der Waals surface area contributed by atoms with Crippen molar-refractivity contribution in [3.8, 4) is 6.07 Å². The van der Waals surface area contributed by atoms with Crippen LogP contribution in [0, 0.1) is 30.6 Å². The molecule has 202 valence electrons. The maximum absolute atomic E-state index is 13.5. The summed E-state index contributed by atoms with van der Waals surface area (Å²) >= 11 is 0. The predicted octanol–water partition coefficient (Wildman–Crippen LogP) is 4.38. The molecule has 2 aliphatic heterocycles. The van der Waals surface area contributed by atoms with Crippen molar-refractivity contribution in [1.82, 2.24) is 9.38 Å². The summed E-state index contributed by atoms with van der Waals surface area (Å²) in [6, 6.07) is 18.3. The molecule has 1 atom stereocenters. The summed E-state index contributed by atoms with van der Waals surface area (Å²) in [4.78, 5) is 34.8. The number of para-hydroxylation sites is 1. The molecule has 2 aromatic heterocycles. The van der Waals surface area contributed by atoms with Gasteiger partial charge >= 0.3 is 5.97 Å². The van der Waals surface area contributed by atoms with Gasteiger partial charge in [-0.15, -0.1) is 0 Å². The summed E-state index contributed by atoms with van der Waals surface area (Å²) in [5, 5.41) is 22.0. The number of rotatable bonds is 6. The smallest absolute Gasteiger partial charge is 0.337 e. The Balaban J connectivity index is 1.27. The summed E-state index contributed by atoms with van der Waals surface area (Å²) < 4.78 is 1.61. The highest BCUT2D eigenvalue weighted by Gasteiger charge is 2.52. The monoisotopic (exact) mass is 534 g/mol. The Morgan fingerprint density at radius 1 is 1.07 bits per heavy atom. The fourth-order valence-corrected chi connectivity index (χ4v) is 6.02. The van der Waals surface area contributed by atoms with E-state index in [0.717, 1.165) is 43.0 Å². The molecule has 9 nitrogen and oxygen atoms in total. The van der Waals surface area contributed by atoms with E-state index in [4.69, 9.17) is 10.2 Å². The molecular formula is C31H30N6O3. The molecule has 0 bridgehead atoms. The first-order valence-electron chi connectivity index (χ1n) is 13.3. The number of nitriles is 1. The zero-order chi connectivity index (χ0) is 28.2. The molecule has 2 fully saturated rings. The molecule has 0 amide bonds. The van der Waals surface area contributed by atoms with Gasteiger partial charge in [-0.25, -0.2) is 9.78 Å². The Morgan fingerprint density at radius 3 is 2.42 bits per heavy atom. The topological polar surface area (TPSA) is 114 Å². The minimum atomic E-state index is -1.00. The molecule has 6 rings (SSSR count). The summed E-state index contributed by atoms with van der Waals surface area (Å²) in [5.41, 5.74) is 5.46. The molecule has 9 heteroatoms. The Labute approximate surface area is 231 Å². The van der Waals surface area contributed by atoms with Crippen molar-refractivity contribution in [2.75, 3.05) is 41.3 Å². The number of aryl methyl sites for hydroxylation is 1. The zero-order valence-corrected chi connectivity index (χ0v) is 22.7. The van der Waals surface area contributed by atoms with Gasteiger partial charge < -0.3 is 20.2 Å². The van der Waals surface area contributed by atoms with Crippen LogP contribution in [0.3, 0.4) is 0 Å². The molecule has 0 unspecified atom stereocenters. The van der Waals surface area contributed by atoms with Crippen molar-refractivity contribution in [3.05, 3.63) is 99.0 Å². The second-order valence-corrected chi connectivity index (χ2v) is 11.1. The number of nitrogens with one attached hydrogen (secondary N) is 1. The maximum Gasteiger partial charge on any atom is 0.337 e. The van der Waals surface area contributed by atoms with Gasteiger partial charge in [0.05, 0.1) is 28.8 Å². The molecule has 4 heterocycles. The van der Waals surface area contributed by atoms with E-state index in [2.05, 4.69) is 21.2 Å². The van der Waals surface area contributed by atoms with Crippen LogP contribution in [-0.4, -0.2) is 46.6 Å². The number of nitrogens with zero attached hydrogens (tertiary/aromatic N) is 5. The van der Waals surface area contributed by atoms with Crippen LogP contribution in [0.2, 0.25) is 0 Å². The average Bonchev–Trinajstić information content (AvgIpc) is 2.90. The number of fused-ring (bicyclic) bond motifs is 1. The standard InChI is InChI=1S/C31H30N6O3/c1-19-12-25(21(3)33-26-7-5-4-6-24(26)30(39)40)28-34-27(20(2)29(38)37(28)14-19)36-17-31(18-36)15-35(16-31)23-10-8-22(13-32)9-11-23/h4-12,14,21,33H,15-18H2,1-3H3,(H,39,40)/t21-/m1/s1. The Hall–Kier alpha value is -4.84. The van der Waals surface area contributed by atoms with Crippen molar-refractivity contribution in [1.29, 1.82) is 5.26 Å². The molecule has 2 saturated heterocycles. The molecule has 40 heavy (non-hydrogen) atoms. The van der Waals surface area contributed by atoms with Gasteiger partial charge in [0.15, 0.2) is 0 Å². The molecule has 0 saturated carbocycles. The highest BCUT2D eigenvalue weighted by molar-refractivity contribution is 5.94. The van der Waals surface area contributed by atoms with E-state index in [-0.39, 0.29) is 22.6 Å². The summed E-state index contributed by atoms with van der Waals surface area (Å²) in [7, 11) is 0. The van der Waals surface area contributed by atoms with Gasteiger partial charge in [-0.05, 0) is 68.8 Å². The number of hydrogen-bond donors (Lipinski definition) is 2. The Kier molecular flexibility index (Phi) is 5.99. The van der Waals surface area contributed by atoms with E-state index >= 15 is 0 Å². The van der Waals surface area contributed by atoms with E-state index in [1.807, 2.05) is 57.3 Å². The number of aromatic carboxylic acids is 1. The third-order valence-electron chi connectivity index (χ3n) is 8.05. The minimum absolute atomic E-state index is 0.100. The fraction of sp³-hybridized carbons (Fsp3) is 0.290. The second kappa shape index (κ2) is 9.42. The van der Waals surface area contributed by atoms with Crippen LogP contribution in [-0.2, 0) is 0 Å². The lowest BCUT2D eigenvalue weighted by atomic mass is 9.72. The van der Waals surface area contributed by atoms with Gasteiger partial charge in [-0.2, -0.15) is 5.26 Å². The van der Waals surface area contributed by atoms with E-state index in [1.165, 1.54) is 0 Å². The van der Waals surface area contributed by atoms with Crippen LogP contribution in [0.25, 0.3) is 5.65 Å². The van der Waals surface area contributed by atoms with Crippen LogP contribution in [0.1, 0.15) is 45.6 Å². The van der Waals surface area contributed by atoms with Gasteiger partial charge in [0.25, 0.3) is 5.56 Å². The summed E-state index contributed by atoms with van der Waals surface area (Å²) in [5.74, 6) is -0.298. The number of carbonyl (C=O) groups is 1. The van der Waals surface area contributed by atoms with Gasteiger partial charge in [0.1, 0.15) is 11.5 Å². The molecule has 2 N–H and O–H groups in total. The van der Waals surface area contributed by atoms with E-state index in [1.54, 1.807) is 28.7 Å². The van der Waals surface area contributed by atoms with Gasteiger partial charge in [-0.1, -0.05) is 12.1 Å². The lowest BCUT2D eigenvalue weighted by molar-refractivity contribution is 0.0698. The van der Waals surface area contributed by atoms with Crippen LogP contribution >= 0.6 is 0 Å². The van der Waals surface area contributed by atoms with Crippen LogP contribution in [0.5, 0.6) is 0 Å². The van der Waals surface area contributed by atoms with Crippen LogP contribution in [0.15, 0.2) is 65.6 Å². The third kappa shape index (κ3) is 4.22. The van der Waals surface area contributed by atoms with Crippen LogP contribution in [0.4, 0.5) is 17.2 Å². The third-order valence-corrected chi connectivity index (χ3v) is 8.05. The number of hydrogen-bond acceptors (Lipinski definition) is 7. The molecule has 0 aliphatic carbocycles. The minimum Gasteiger partial charge on any atom is -0.478 e. The molecule has 2 aromatic carbocycles. The van der Waals surface area contributed by atoms with Crippen LogP contribution < -0.4 is 20.7 Å². The number of pyridine rings is 1. The second-order valence-electron chi connectivity index (χ2n) is 11.1. The van der Waals surface area contributed by atoms with Crippen molar-refractivity contribution in [2.45, 2.75) is 26.8 Å². The number of carboxylic acid groups (broad SMARTS) is 1. The average molecular weight is 535 g/mol. The van der Waals surface area contributed by atoms with Crippen molar-refractivity contribution < 1.29 is 9.90 Å². The number of aromatic nitrogens is 2. The molecule has 0 radical (unpaired) electrons. The van der Waals surface area contributed by atoms with Gasteiger partial charge in [0.2, 0.25) is 0 Å². The zero-order valence-electron chi connectivity index (χ0n) is 22.7. The summed E-state index contributed by atoms with van der Waals surface area (Å²) in [6.45, 7) is 9.22. The van der Waals surface area contributed by atoms with E-state index < -0.39 is 5.97 Å². The lowest BCUT2D eigenvalue weighted by Crippen LogP contribution is -2.72. The normalized spacial score (nSPS) is 16.2. The fourth-order valence-electron chi connectivity index (χ4n) is 6.02. The quantitative estimate of drug-likeness (QED) is 0.375. The lowest BCUT2D eigenvalue weighted by Gasteiger charge is -2.61. The van der Waals surface area contributed by atoms with E-state index in [9.17, 15) is 14.7 Å². The largest absolute Gasteiger partial charge is 0.478 e. The molecular weight excluding hydrogens is 504 g/mol. The van der Waals surface area contributed by atoms with Crippen molar-refractivity contribution in [2.24, 2.45) is 5.41 Å². The highest BCUT2D eigenvalue weighted by atomic mass is 16.4. The number of anilines is 3. The first kappa shape index (κ1) is 25.4. The predicted molar refractivity (Wildman–Crippen MR) is 154 cm³/mol. The summed E-state index contributed by atoms with van der Waals surface area (Å²) in [6.07, 6.45) is 1.81. The van der Waals surface area contributed by atoms with Gasteiger partial charge in [0, 0.05) is 54.7 Å². The number of benzene rings is 2. The number of carboxylic acids is 1. The first-order chi connectivity index (χ1) is 19.2. The van der Waals surface area contributed by atoms with Gasteiger partial charge in [-0.3, -0.25) is 9.20 Å². The maximum atomic E-state index is 13.5. The SMILES string of the molecule is Cc1cc([C@@H](C)Nc2ccccc2C(=O)O)c2nc(N3CC4(CN(c5ccc(C#N)cc5)C4)C3)c(C)c(=O)n2c1. The Morgan fingerprint density at radius 2 is 1.75 bits per heavy atom. The van der Waals surface area contributed by atoms with Crippen molar-refractivity contribution in [3.63, 3.8) is 0 Å². The highest BCUT2D eigenvalue weighted by Crippen LogP contribution is 2.44. The Bertz CT molecular complexity index is 1740.